The molecule has 0 spiro atoms. The number of hydrogen-bond donors (Lipinski definition) is 1. The first-order valence-corrected chi connectivity index (χ1v) is 7.73. The lowest BCUT2D eigenvalue weighted by molar-refractivity contribution is 0.594. The predicted molar refractivity (Wildman–Crippen MR) is 66.3 cm³/mol. The molecule has 0 bridgehead atoms. The topological polar surface area (TPSA) is 60.2 Å². The van der Waals surface area contributed by atoms with Gasteiger partial charge in [-0.2, -0.15) is 0 Å². The minimum absolute atomic E-state index is 0.0766. The van der Waals surface area contributed by atoms with Gasteiger partial charge in [0.15, 0.2) is 9.84 Å². The Kier molecular flexibility index (Phi) is 2.52. The van der Waals surface area contributed by atoms with Gasteiger partial charge >= 0.3 is 0 Å². The van der Waals surface area contributed by atoms with E-state index >= 15 is 0 Å². The second kappa shape index (κ2) is 3.82. The molecule has 3 rings (SSSR count). The molecule has 1 aromatic rings. The summed E-state index contributed by atoms with van der Waals surface area (Å²) in [6.45, 7) is 0. The van der Waals surface area contributed by atoms with Crippen molar-refractivity contribution >= 4 is 9.84 Å². The number of hydrogen-bond acceptors (Lipinski definition) is 3. The van der Waals surface area contributed by atoms with E-state index in [0.29, 0.717) is 10.8 Å². The van der Waals surface area contributed by atoms with Crippen LogP contribution in [0, 0.1) is 5.92 Å². The average molecular weight is 251 g/mol. The van der Waals surface area contributed by atoms with Crippen molar-refractivity contribution in [3.63, 3.8) is 0 Å². The summed E-state index contributed by atoms with van der Waals surface area (Å²) in [6, 6.07) is 7.25. The molecule has 2 aliphatic rings. The van der Waals surface area contributed by atoms with Crippen LogP contribution in [0.5, 0.6) is 0 Å². The van der Waals surface area contributed by atoms with Crippen LogP contribution in [0.25, 0.3) is 0 Å². The quantitative estimate of drug-likeness (QED) is 0.890. The van der Waals surface area contributed by atoms with Crippen molar-refractivity contribution in [3.05, 3.63) is 29.8 Å². The fraction of sp³-hybridized carbons (Fsp3) is 0.538. The van der Waals surface area contributed by atoms with Crippen LogP contribution in [0.15, 0.2) is 29.2 Å². The summed E-state index contributed by atoms with van der Waals surface area (Å²) in [5.74, 6) is 0.598. The zero-order valence-electron chi connectivity index (χ0n) is 9.67. The predicted octanol–water partition coefficient (Wildman–Crippen LogP) is 2.03. The molecular formula is C13H17NO2S. The van der Waals surface area contributed by atoms with Gasteiger partial charge in [0.1, 0.15) is 0 Å². The van der Waals surface area contributed by atoms with E-state index in [1.54, 1.807) is 12.1 Å². The molecule has 2 N–H and O–H groups in total. The third-order valence-electron chi connectivity index (χ3n) is 3.69. The summed E-state index contributed by atoms with van der Waals surface area (Å²) in [4.78, 5) is 0.451. The molecule has 0 aliphatic heterocycles. The van der Waals surface area contributed by atoms with Crippen LogP contribution < -0.4 is 5.73 Å². The molecule has 2 saturated carbocycles. The highest BCUT2D eigenvalue weighted by atomic mass is 32.2. The van der Waals surface area contributed by atoms with Crippen molar-refractivity contribution in [2.45, 2.75) is 41.9 Å². The van der Waals surface area contributed by atoms with E-state index in [4.69, 9.17) is 5.73 Å². The highest BCUT2D eigenvalue weighted by Crippen LogP contribution is 2.40. The Hall–Kier alpha value is -0.870. The van der Waals surface area contributed by atoms with Crippen LogP contribution in [-0.2, 0) is 9.84 Å². The number of rotatable bonds is 4. The van der Waals surface area contributed by atoms with Crippen molar-refractivity contribution < 1.29 is 8.42 Å². The molecule has 3 nitrogen and oxygen atoms in total. The fourth-order valence-corrected chi connectivity index (χ4v) is 3.84. The van der Waals surface area contributed by atoms with E-state index in [1.807, 2.05) is 12.1 Å². The van der Waals surface area contributed by atoms with Crippen molar-refractivity contribution in [1.29, 1.82) is 0 Å². The van der Waals surface area contributed by atoms with E-state index in [-0.39, 0.29) is 11.3 Å². The largest absolute Gasteiger partial charge is 0.324 e. The standard InChI is InChI=1S/C13H17NO2S/c14-13(9-1-2-9)10-3-5-11(6-4-10)17(15,16)12-7-8-12/h3-6,9,12-13H,1-2,7-8,14H2/t13-/m0/s1. The van der Waals surface area contributed by atoms with Gasteiger partial charge in [0.2, 0.25) is 0 Å². The van der Waals surface area contributed by atoms with Gasteiger partial charge < -0.3 is 5.73 Å². The first kappa shape index (κ1) is 11.2. The van der Waals surface area contributed by atoms with Gasteiger partial charge in [-0.1, -0.05) is 12.1 Å². The first-order chi connectivity index (χ1) is 8.09. The Morgan fingerprint density at radius 3 is 2.12 bits per heavy atom. The van der Waals surface area contributed by atoms with Gasteiger partial charge in [-0.15, -0.1) is 0 Å². The highest BCUT2D eigenvalue weighted by Gasteiger charge is 2.37. The normalized spacial score (nSPS) is 22.4. The van der Waals surface area contributed by atoms with Crippen LogP contribution in [-0.4, -0.2) is 13.7 Å². The third-order valence-corrected chi connectivity index (χ3v) is 5.96. The summed E-state index contributed by atoms with van der Waals surface area (Å²) < 4.78 is 24.0. The SMILES string of the molecule is N[C@H](c1ccc(S(=O)(=O)C2CC2)cc1)C1CC1. The third kappa shape index (κ3) is 2.11. The van der Waals surface area contributed by atoms with E-state index in [1.165, 1.54) is 12.8 Å². The van der Waals surface area contributed by atoms with Gasteiger partial charge in [0.05, 0.1) is 10.1 Å². The van der Waals surface area contributed by atoms with Gasteiger partial charge in [-0.3, -0.25) is 0 Å². The maximum Gasteiger partial charge on any atom is 0.181 e. The molecule has 2 fully saturated rings. The Morgan fingerprint density at radius 1 is 1.06 bits per heavy atom. The van der Waals surface area contributed by atoms with Gasteiger partial charge in [0, 0.05) is 6.04 Å². The van der Waals surface area contributed by atoms with E-state index < -0.39 is 9.84 Å². The van der Waals surface area contributed by atoms with Crippen LogP contribution in [0.2, 0.25) is 0 Å². The first-order valence-electron chi connectivity index (χ1n) is 6.18. The maximum atomic E-state index is 12.0. The molecule has 92 valence electrons. The van der Waals surface area contributed by atoms with Crippen LogP contribution in [0.4, 0.5) is 0 Å². The molecule has 1 aromatic carbocycles. The fourth-order valence-electron chi connectivity index (χ4n) is 2.18. The van der Waals surface area contributed by atoms with Crippen LogP contribution >= 0.6 is 0 Å². The summed E-state index contributed by atoms with van der Waals surface area (Å²) in [6.07, 6.45) is 4.02. The highest BCUT2D eigenvalue weighted by molar-refractivity contribution is 7.92. The van der Waals surface area contributed by atoms with Crippen LogP contribution in [0.1, 0.15) is 37.3 Å². The molecule has 2 aliphatic carbocycles. The molecule has 17 heavy (non-hydrogen) atoms. The van der Waals surface area contributed by atoms with Crippen molar-refractivity contribution in [1.82, 2.24) is 0 Å². The number of benzene rings is 1. The van der Waals surface area contributed by atoms with E-state index in [0.717, 1.165) is 18.4 Å². The summed E-state index contributed by atoms with van der Waals surface area (Å²) in [7, 11) is -3.05. The molecule has 0 unspecified atom stereocenters. The molecule has 0 aromatic heterocycles. The second-order valence-corrected chi connectivity index (χ2v) is 7.40. The molecule has 0 amide bonds. The molecular weight excluding hydrogens is 234 g/mol. The number of nitrogens with two attached hydrogens (primary N) is 1. The Balaban J connectivity index is 1.84. The smallest absolute Gasteiger partial charge is 0.181 e. The van der Waals surface area contributed by atoms with Gasteiger partial charge in [-0.05, 0) is 49.3 Å². The van der Waals surface area contributed by atoms with Crippen molar-refractivity contribution in [2.24, 2.45) is 11.7 Å². The van der Waals surface area contributed by atoms with Gasteiger partial charge in [0.25, 0.3) is 0 Å². The Labute approximate surface area is 102 Å². The molecule has 0 heterocycles. The van der Waals surface area contributed by atoms with Crippen molar-refractivity contribution in [2.75, 3.05) is 0 Å². The average Bonchev–Trinajstić information content (AvgIpc) is 3.20. The Morgan fingerprint density at radius 2 is 1.65 bits per heavy atom. The molecule has 0 radical (unpaired) electrons. The lowest BCUT2D eigenvalue weighted by Crippen LogP contribution is -2.13. The van der Waals surface area contributed by atoms with E-state index in [2.05, 4.69) is 0 Å². The zero-order chi connectivity index (χ0) is 12.0. The minimum Gasteiger partial charge on any atom is -0.324 e. The summed E-state index contributed by atoms with van der Waals surface area (Å²) >= 11 is 0. The van der Waals surface area contributed by atoms with Crippen LogP contribution in [0.3, 0.4) is 0 Å². The maximum absolute atomic E-state index is 12.0. The Bertz CT molecular complexity index is 513. The monoisotopic (exact) mass is 251 g/mol. The minimum atomic E-state index is -3.05. The molecule has 4 heteroatoms. The second-order valence-electron chi connectivity index (χ2n) is 5.18. The van der Waals surface area contributed by atoms with E-state index in [9.17, 15) is 8.42 Å². The van der Waals surface area contributed by atoms with Crippen molar-refractivity contribution in [3.8, 4) is 0 Å². The van der Waals surface area contributed by atoms with Gasteiger partial charge in [-0.25, -0.2) is 8.42 Å². The molecule has 1 atom stereocenters. The lowest BCUT2D eigenvalue weighted by atomic mass is 10.0. The molecule has 0 saturated heterocycles. The lowest BCUT2D eigenvalue weighted by Gasteiger charge is -2.11. The number of sulfone groups is 1. The summed E-state index contributed by atoms with van der Waals surface area (Å²) in [5, 5.41) is -0.134. The zero-order valence-corrected chi connectivity index (χ0v) is 10.5. The summed E-state index contributed by atoms with van der Waals surface area (Å²) in [5.41, 5.74) is 7.14.